The molecule has 0 aliphatic heterocycles. The van der Waals surface area contributed by atoms with Gasteiger partial charge in [-0.05, 0) is 43.3 Å². The monoisotopic (exact) mass is 365 g/mol. The van der Waals surface area contributed by atoms with Crippen molar-refractivity contribution in [3.63, 3.8) is 0 Å². The second-order valence-electron chi connectivity index (χ2n) is 5.72. The van der Waals surface area contributed by atoms with Crippen LogP contribution in [0.1, 0.15) is 26.5 Å². The molecule has 136 valence electrons. The number of rotatable bonds is 5. The van der Waals surface area contributed by atoms with E-state index in [2.05, 4.69) is 10.6 Å². The molecule has 3 aromatic rings. The van der Waals surface area contributed by atoms with Crippen molar-refractivity contribution in [2.24, 2.45) is 0 Å². The average Bonchev–Trinajstić information content (AvgIpc) is 3.17. The lowest BCUT2D eigenvalue weighted by atomic mass is 10.1. The largest absolute Gasteiger partial charge is 0.459 e. The molecular formula is C19H15N3O5. The fourth-order valence-corrected chi connectivity index (χ4v) is 2.43. The Morgan fingerprint density at radius 3 is 2.30 bits per heavy atom. The Kier molecular flexibility index (Phi) is 4.98. The second-order valence-corrected chi connectivity index (χ2v) is 5.72. The van der Waals surface area contributed by atoms with E-state index in [9.17, 15) is 19.7 Å². The van der Waals surface area contributed by atoms with Gasteiger partial charge in [-0.15, -0.1) is 0 Å². The Hall–Kier alpha value is -3.94. The molecule has 0 fully saturated rings. The summed E-state index contributed by atoms with van der Waals surface area (Å²) in [6.45, 7) is 1.60. The maximum atomic E-state index is 12.4. The van der Waals surface area contributed by atoms with Gasteiger partial charge in [-0.1, -0.05) is 12.1 Å². The van der Waals surface area contributed by atoms with Crippen molar-refractivity contribution in [3.8, 4) is 0 Å². The molecule has 0 atom stereocenters. The van der Waals surface area contributed by atoms with Crippen LogP contribution in [0.4, 0.5) is 17.1 Å². The third-order valence-corrected chi connectivity index (χ3v) is 3.79. The van der Waals surface area contributed by atoms with Crippen LogP contribution in [0.5, 0.6) is 0 Å². The van der Waals surface area contributed by atoms with Crippen LogP contribution in [0.15, 0.2) is 65.3 Å². The fraction of sp³-hybridized carbons (Fsp3) is 0.0526. The molecule has 1 aromatic heterocycles. The lowest BCUT2D eigenvalue weighted by Gasteiger charge is -2.09. The van der Waals surface area contributed by atoms with Crippen LogP contribution < -0.4 is 10.6 Å². The van der Waals surface area contributed by atoms with Crippen molar-refractivity contribution in [3.05, 3.63) is 87.9 Å². The van der Waals surface area contributed by atoms with Gasteiger partial charge in [0.1, 0.15) is 0 Å². The quantitative estimate of drug-likeness (QED) is 0.524. The number of nitrogens with one attached hydrogen (secondary N) is 2. The van der Waals surface area contributed by atoms with Gasteiger partial charge >= 0.3 is 0 Å². The zero-order valence-electron chi connectivity index (χ0n) is 14.3. The average molecular weight is 365 g/mol. The number of carbonyl (C=O) groups is 2. The zero-order valence-corrected chi connectivity index (χ0v) is 14.3. The van der Waals surface area contributed by atoms with Gasteiger partial charge in [-0.25, -0.2) is 0 Å². The van der Waals surface area contributed by atoms with E-state index < -0.39 is 16.7 Å². The Morgan fingerprint density at radius 1 is 0.963 bits per heavy atom. The van der Waals surface area contributed by atoms with Gasteiger partial charge in [0.05, 0.1) is 11.2 Å². The third kappa shape index (κ3) is 4.18. The van der Waals surface area contributed by atoms with Crippen molar-refractivity contribution in [2.45, 2.75) is 6.92 Å². The van der Waals surface area contributed by atoms with Crippen molar-refractivity contribution < 1.29 is 18.9 Å². The van der Waals surface area contributed by atoms with Crippen molar-refractivity contribution in [1.29, 1.82) is 0 Å². The van der Waals surface area contributed by atoms with Crippen LogP contribution in [0, 0.1) is 17.0 Å². The zero-order chi connectivity index (χ0) is 19.4. The van der Waals surface area contributed by atoms with Gasteiger partial charge in [0.2, 0.25) is 0 Å². The van der Waals surface area contributed by atoms with Crippen LogP contribution in [0.25, 0.3) is 0 Å². The highest BCUT2D eigenvalue weighted by atomic mass is 16.6. The molecule has 8 heteroatoms. The van der Waals surface area contributed by atoms with Gasteiger partial charge < -0.3 is 15.1 Å². The number of anilines is 2. The van der Waals surface area contributed by atoms with Crippen LogP contribution in [0.2, 0.25) is 0 Å². The molecular weight excluding hydrogens is 350 g/mol. The minimum absolute atomic E-state index is 0.123. The first-order chi connectivity index (χ1) is 12.9. The molecule has 1 heterocycles. The SMILES string of the molecule is Cc1ccc(C(=O)Nc2cccc(NC(=O)c3ccco3)c2)cc1[N+](=O)[O-]. The van der Waals surface area contributed by atoms with E-state index in [4.69, 9.17) is 4.42 Å². The molecule has 0 saturated carbocycles. The van der Waals surface area contributed by atoms with Crippen LogP contribution in [0.3, 0.4) is 0 Å². The normalized spacial score (nSPS) is 10.3. The van der Waals surface area contributed by atoms with Gasteiger partial charge in [-0.2, -0.15) is 0 Å². The van der Waals surface area contributed by atoms with Crippen LogP contribution in [-0.4, -0.2) is 16.7 Å². The van der Waals surface area contributed by atoms with E-state index in [-0.39, 0.29) is 17.0 Å². The maximum absolute atomic E-state index is 12.4. The second kappa shape index (κ2) is 7.52. The van der Waals surface area contributed by atoms with Crippen LogP contribution in [-0.2, 0) is 0 Å². The van der Waals surface area contributed by atoms with E-state index in [0.29, 0.717) is 16.9 Å². The lowest BCUT2D eigenvalue weighted by Crippen LogP contribution is -2.14. The maximum Gasteiger partial charge on any atom is 0.291 e. The smallest absolute Gasteiger partial charge is 0.291 e. The summed E-state index contributed by atoms with van der Waals surface area (Å²) in [6.07, 6.45) is 1.40. The summed E-state index contributed by atoms with van der Waals surface area (Å²) in [5, 5.41) is 16.3. The Labute approximate surface area is 154 Å². The number of hydrogen-bond acceptors (Lipinski definition) is 5. The molecule has 27 heavy (non-hydrogen) atoms. The molecule has 2 aromatic carbocycles. The number of hydrogen-bond donors (Lipinski definition) is 2. The Morgan fingerprint density at radius 2 is 1.67 bits per heavy atom. The topological polar surface area (TPSA) is 114 Å². The highest BCUT2D eigenvalue weighted by molar-refractivity contribution is 6.06. The van der Waals surface area contributed by atoms with Crippen molar-refractivity contribution in [2.75, 3.05) is 10.6 Å². The highest BCUT2D eigenvalue weighted by Gasteiger charge is 2.15. The third-order valence-electron chi connectivity index (χ3n) is 3.79. The van der Waals surface area contributed by atoms with E-state index in [0.717, 1.165) is 0 Å². The predicted molar refractivity (Wildman–Crippen MR) is 98.9 cm³/mol. The molecule has 0 aliphatic rings. The van der Waals surface area contributed by atoms with Gasteiger partial charge in [0.25, 0.3) is 17.5 Å². The fourth-order valence-electron chi connectivity index (χ4n) is 2.43. The lowest BCUT2D eigenvalue weighted by molar-refractivity contribution is -0.385. The molecule has 2 N–H and O–H groups in total. The van der Waals surface area contributed by atoms with Gasteiger partial charge in [0.15, 0.2) is 5.76 Å². The molecule has 0 aliphatic carbocycles. The van der Waals surface area contributed by atoms with E-state index >= 15 is 0 Å². The number of benzene rings is 2. The minimum Gasteiger partial charge on any atom is -0.459 e. The van der Waals surface area contributed by atoms with Gasteiger partial charge in [0, 0.05) is 28.6 Å². The van der Waals surface area contributed by atoms with E-state index in [1.807, 2.05) is 0 Å². The van der Waals surface area contributed by atoms with E-state index in [1.54, 1.807) is 37.3 Å². The summed E-state index contributed by atoms with van der Waals surface area (Å²) >= 11 is 0. The molecule has 2 amide bonds. The number of nitro benzene ring substituents is 1. The Balaban J connectivity index is 1.74. The number of carbonyl (C=O) groups excluding carboxylic acids is 2. The molecule has 0 bridgehead atoms. The number of amides is 2. The molecule has 0 saturated heterocycles. The van der Waals surface area contributed by atoms with Crippen LogP contribution >= 0.6 is 0 Å². The highest BCUT2D eigenvalue weighted by Crippen LogP contribution is 2.21. The number of furan rings is 1. The molecule has 0 spiro atoms. The standard InChI is InChI=1S/C19H15N3O5/c1-12-7-8-13(10-16(12)22(25)26)18(23)20-14-4-2-5-15(11-14)21-19(24)17-6-3-9-27-17/h2-11H,1H3,(H,20,23)(H,21,24). The summed E-state index contributed by atoms with van der Waals surface area (Å²) in [4.78, 5) is 34.9. The summed E-state index contributed by atoms with van der Waals surface area (Å²) in [5.41, 5.74) is 1.41. The molecule has 8 nitrogen and oxygen atoms in total. The molecule has 0 radical (unpaired) electrons. The first kappa shape index (κ1) is 17.9. The van der Waals surface area contributed by atoms with Crippen molar-refractivity contribution in [1.82, 2.24) is 0 Å². The first-order valence-electron chi connectivity index (χ1n) is 7.95. The van der Waals surface area contributed by atoms with Gasteiger partial charge in [-0.3, -0.25) is 19.7 Å². The predicted octanol–water partition coefficient (Wildman–Crippen LogP) is 4.00. The summed E-state index contributed by atoms with van der Waals surface area (Å²) in [5.74, 6) is -0.748. The van der Waals surface area contributed by atoms with E-state index in [1.165, 1.54) is 30.5 Å². The number of aryl methyl sites for hydroxylation is 1. The molecule has 3 rings (SSSR count). The number of nitrogens with zero attached hydrogens (tertiary/aromatic N) is 1. The Bertz CT molecular complexity index is 1010. The first-order valence-corrected chi connectivity index (χ1v) is 7.95. The van der Waals surface area contributed by atoms with Crippen molar-refractivity contribution >= 4 is 28.9 Å². The summed E-state index contributed by atoms with van der Waals surface area (Å²) in [6, 6.07) is 13.9. The minimum atomic E-state index is -0.531. The summed E-state index contributed by atoms with van der Waals surface area (Å²) < 4.78 is 5.02. The number of nitro groups is 1. The summed E-state index contributed by atoms with van der Waals surface area (Å²) in [7, 11) is 0. The molecule has 0 unspecified atom stereocenters.